The van der Waals surface area contributed by atoms with Crippen LogP contribution in [0.4, 0.5) is 9.18 Å². The van der Waals surface area contributed by atoms with Gasteiger partial charge in [-0.2, -0.15) is 0 Å². The molecule has 2 aliphatic heterocycles. The third-order valence-corrected chi connectivity index (χ3v) is 4.84. The summed E-state index contributed by atoms with van der Waals surface area (Å²) in [6.45, 7) is 6.11. The highest BCUT2D eigenvalue weighted by molar-refractivity contribution is 6.07. The highest BCUT2D eigenvalue weighted by Gasteiger charge is 2.54. The molecule has 162 valence electrons. The number of amides is 3. The van der Waals surface area contributed by atoms with Crippen LogP contribution in [0, 0.1) is 11.7 Å². The summed E-state index contributed by atoms with van der Waals surface area (Å²) in [4.78, 5) is 37.4. The van der Waals surface area contributed by atoms with Gasteiger partial charge < -0.3 is 21.5 Å². The van der Waals surface area contributed by atoms with Gasteiger partial charge >= 0.3 is 12.0 Å². The Labute approximate surface area is 174 Å². The number of imide groups is 1. The molecule has 2 aliphatic rings. The number of allylic oxidation sites excluding steroid dienone is 2. The Hall–Kier alpha value is -3.36. The number of carbonyl (C=O) groups excluding carboxylic acids is 2. The highest BCUT2D eigenvalue weighted by Crippen LogP contribution is 2.33. The molecular weight excluding hydrogens is 391 g/mol. The number of rotatable bonds is 5. The molecule has 1 fully saturated rings. The molecule has 3 atom stereocenters. The molecule has 0 radical (unpaired) electrons. The zero-order valence-corrected chi connectivity index (χ0v) is 17.2. The first kappa shape index (κ1) is 22.9. The Bertz CT molecular complexity index is 884. The molecule has 8 nitrogen and oxygen atoms in total. The minimum absolute atomic E-state index is 0.182. The number of β-lactam (4-membered cyclic amide) rings is 1. The van der Waals surface area contributed by atoms with Gasteiger partial charge in [0.05, 0.1) is 17.8 Å². The number of halogens is 1. The van der Waals surface area contributed by atoms with Crippen LogP contribution in [0.15, 0.2) is 47.8 Å². The lowest BCUT2D eigenvalue weighted by Gasteiger charge is -2.43. The second kappa shape index (κ2) is 9.91. The minimum atomic E-state index is -1.27. The number of benzene rings is 1. The van der Waals surface area contributed by atoms with Crippen molar-refractivity contribution in [2.75, 3.05) is 6.54 Å². The maximum atomic E-state index is 13.4. The monoisotopic (exact) mass is 418 g/mol. The standard InChI is InChI=1S/C19H21FN4O4.C2H6/c1-10(12-3-2-4-13(20)9-12)23-19(28)24-16(18(26)27)14(17(24)25)7-11-5-6-22-15(21)8-11;1-2/h2-5,8-10,14,16,22H,6-7,21H2,1H3,(H,23,28)(H,26,27);1-2H3/t10?,14-,16?;/m1./s1. The molecule has 2 unspecified atom stereocenters. The molecule has 0 saturated carbocycles. The Morgan fingerprint density at radius 1 is 1.40 bits per heavy atom. The number of carboxylic acid groups (broad SMARTS) is 1. The normalized spacial score (nSPS) is 21.1. The zero-order chi connectivity index (χ0) is 22.4. The first-order chi connectivity index (χ1) is 14.3. The number of nitrogens with two attached hydrogens (primary N) is 1. The van der Waals surface area contributed by atoms with Gasteiger partial charge in [0.2, 0.25) is 5.91 Å². The maximum Gasteiger partial charge on any atom is 0.327 e. The Morgan fingerprint density at radius 2 is 2.10 bits per heavy atom. The number of carboxylic acids is 1. The van der Waals surface area contributed by atoms with E-state index in [2.05, 4.69) is 10.6 Å². The molecule has 3 amide bonds. The van der Waals surface area contributed by atoms with Gasteiger partial charge in [0.25, 0.3) is 0 Å². The van der Waals surface area contributed by atoms with E-state index in [0.29, 0.717) is 22.8 Å². The highest BCUT2D eigenvalue weighted by atomic mass is 19.1. The molecule has 30 heavy (non-hydrogen) atoms. The van der Waals surface area contributed by atoms with Crippen molar-refractivity contribution in [2.24, 2.45) is 11.7 Å². The number of carbonyl (C=O) groups is 3. The van der Waals surface area contributed by atoms with E-state index in [4.69, 9.17) is 5.73 Å². The van der Waals surface area contributed by atoms with Gasteiger partial charge in [0.15, 0.2) is 6.04 Å². The molecular formula is C21H27FN4O4. The van der Waals surface area contributed by atoms with Crippen LogP contribution < -0.4 is 16.4 Å². The van der Waals surface area contributed by atoms with Gasteiger partial charge in [-0.05, 0) is 42.7 Å². The molecule has 9 heteroatoms. The molecule has 0 aromatic heterocycles. The van der Waals surface area contributed by atoms with Crippen molar-refractivity contribution in [1.29, 1.82) is 0 Å². The number of likely N-dealkylation sites (tertiary alicyclic amines) is 1. The summed E-state index contributed by atoms with van der Waals surface area (Å²) in [5, 5.41) is 15.0. The minimum Gasteiger partial charge on any atom is -0.480 e. The fraction of sp³-hybridized carbons (Fsp3) is 0.381. The molecule has 1 aromatic rings. The van der Waals surface area contributed by atoms with E-state index in [1.165, 1.54) is 18.2 Å². The summed E-state index contributed by atoms with van der Waals surface area (Å²) >= 11 is 0. The summed E-state index contributed by atoms with van der Waals surface area (Å²) in [5.74, 6) is -2.69. The van der Waals surface area contributed by atoms with E-state index in [-0.39, 0.29) is 6.42 Å². The zero-order valence-electron chi connectivity index (χ0n) is 17.2. The van der Waals surface area contributed by atoms with Gasteiger partial charge in [0.1, 0.15) is 5.82 Å². The summed E-state index contributed by atoms with van der Waals surface area (Å²) in [6.07, 6.45) is 3.64. The average molecular weight is 418 g/mol. The van der Waals surface area contributed by atoms with E-state index in [1.807, 2.05) is 19.9 Å². The van der Waals surface area contributed by atoms with Crippen LogP contribution in [0.2, 0.25) is 0 Å². The summed E-state index contributed by atoms with van der Waals surface area (Å²) in [5.41, 5.74) is 6.94. The summed E-state index contributed by atoms with van der Waals surface area (Å²) < 4.78 is 13.4. The van der Waals surface area contributed by atoms with E-state index in [9.17, 15) is 23.9 Å². The average Bonchev–Trinajstić information content (AvgIpc) is 2.71. The van der Waals surface area contributed by atoms with Crippen LogP contribution in [0.3, 0.4) is 0 Å². The van der Waals surface area contributed by atoms with Crippen LogP contribution in [0.1, 0.15) is 38.8 Å². The van der Waals surface area contributed by atoms with Gasteiger partial charge in [-0.1, -0.05) is 32.1 Å². The first-order valence-electron chi connectivity index (χ1n) is 9.80. The quantitative estimate of drug-likeness (QED) is 0.544. The Balaban J connectivity index is 0.00000155. The number of urea groups is 1. The van der Waals surface area contributed by atoms with Gasteiger partial charge in [-0.25, -0.2) is 18.9 Å². The molecule has 0 bridgehead atoms. The van der Waals surface area contributed by atoms with Gasteiger partial charge in [-0.15, -0.1) is 0 Å². The number of hydrogen-bond donors (Lipinski definition) is 4. The van der Waals surface area contributed by atoms with Crippen molar-refractivity contribution in [1.82, 2.24) is 15.5 Å². The second-order valence-corrected chi connectivity index (χ2v) is 6.79. The van der Waals surface area contributed by atoms with Crippen LogP contribution in [-0.4, -0.2) is 40.5 Å². The number of dihydropyridines is 1. The van der Waals surface area contributed by atoms with Crippen molar-refractivity contribution in [2.45, 2.75) is 39.3 Å². The predicted molar refractivity (Wildman–Crippen MR) is 109 cm³/mol. The maximum absolute atomic E-state index is 13.4. The van der Waals surface area contributed by atoms with E-state index in [0.717, 1.165) is 5.57 Å². The van der Waals surface area contributed by atoms with E-state index >= 15 is 0 Å². The first-order valence-corrected chi connectivity index (χ1v) is 9.80. The predicted octanol–water partition coefficient (Wildman–Crippen LogP) is 2.25. The number of aliphatic carboxylic acids is 1. The molecule has 1 aromatic carbocycles. The SMILES string of the molecule is CC.CC(NC(=O)N1C(=O)[C@H](CC2=CCNC(N)=C2)C1C(=O)O)c1cccc(F)c1. The molecule has 3 rings (SSSR count). The fourth-order valence-corrected chi connectivity index (χ4v) is 3.38. The molecule has 5 N–H and O–H groups in total. The number of hydrogen-bond acceptors (Lipinski definition) is 5. The van der Waals surface area contributed by atoms with Gasteiger partial charge in [0, 0.05) is 6.54 Å². The Kier molecular flexibility index (Phi) is 7.57. The van der Waals surface area contributed by atoms with E-state index < -0.39 is 41.7 Å². The lowest BCUT2D eigenvalue weighted by molar-refractivity contribution is -0.165. The third kappa shape index (κ3) is 4.97. The fourth-order valence-electron chi connectivity index (χ4n) is 3.38. The van der Waals surface area contributed by atoms with Gasteiger partial charge in [-0.3, -0.25) is 4.79 Å². The van der Waals surface area contributed by atoms with Crippen LogP contribution in [-0.2, 0) is 9.59 Å². The largest absolute Gasteiger partial charge is 0.480 e. The Morgan fingerprint density at radius 3 is 2.70 bits per heavy atom. The van der Waals surface area contributed by atoms with Crippen molar-refractivity contribution in [3.05, 3.63) is 59.2 Å². The van der Waals surface area contributed by atoms with Crippen molar-refractivity contribution in [3.63, 3.8) is 0 Å². The third-order valence-electron chi connectivity index (χ3n) is 4.84. The van der Waals surface area contributed by atoms with Crippen LogP contribution in [0.5, 0.6) is 0 Å². The van der Waals surface area contributed by atoms with Crippen molar-refractivity contribution >= 4 is 17.9 Å². The topological polar surface area (TPSA) is 125 Å². The van der Waals surface area contributed by atoms with Crippen molar-refractivity contribution in [3.8, 4) is 0 Å². The summed E-state index contributed by atoms with van der Waals surface area (Å²) in [6, 6.07) is 2.99. The summed E-state index contributed by atoms with van der Waals surface area (Å²) in [7, 11) is 0. The van der Waals surface area contributed by atoms with E-state index in [1.54, 1.807) is 19.1 Å². The number of nitrogens with zero attached hydrogens (tertiary/aromatic N) is 1. The van der Waals surface area contributed by atoms with Crippen LogP contribution in [0.25, 0.3) is 0 Å². The second-order valence-electron chi connectivity index (χ2n) is 6.79. The molecule has 1 saturated heterocycles. The van der Waals surface area contributed by atoms with Crippen LogP contribution >= 0.6 is 0 Å². The number of nitrogens with one attached hydrogen (secondary N) is 2. The van der Waals surface area contributed by atoms with Crippen molar-refractivity contribution < 1.29 is 23.9 Å². The molecule has 2 heterocycles. The smallest absolute Gasteiger partial charge is 0.327 e. The lowest BCUT2D eigenvalue weighted by Crippen LogP contribution is -2.68. The lowest BCUT2D eigenvalue weighted by atomic mass is 9.82. The molecule has 0 aliphatic carbocycles. The molecule has 0 spiro atoms.